The zero-order valence-electron chi connectivity index (χ0n) is 10.7. The third-order valence-electron chi connectivity index (χ3n) is 2.79. The maximum absolute atomic E-state index is 12.3. The number of nitrogens with zero attached hydrogens (tertiary/aromatic N) is 1. The number of carbonyl (C=O) groups is 1. The van der Waals surface area contributed by atoms with Crippen LogP contribution in [0.5, 0.6) is 0 Å². The molecular weight excluding hydrogens is 323 g/mol. The molecule has 2 atom stereocenters. The summed E-state index contributed by atoms with van der Waals surface area (Å²) in [5, 5.41) is 0.0670. The number of halogens is 3. The Morgan fingerprint density at radius 3 is 2.45 bits per heavy atom. The van der Waals surface area contributed by atoms with Crippen LogP contribution in [0.1, 0.15) is 12.8 Å². The van der Waals surface area contributed by atoms with E-state index in [0.717, 1.165) is 16.8 Å². The summed E-state index contributed by atoms with van der Waals surface area (Å²) in [4.78, 5) is 11.4. The highest BCUT2D eigenvalue weighted by atomic mass is 32.2. The van der Waals surface area contributed by atoms with Gasteiger partial charge in [-0.05, 0) is 19.1 Å². The van der Waals surface area contributed by atoms with E-state index in [1.165, 1.54) is 7.11 Å². The number of piperidine rings is 1. The first-order valence-corrected chi connectivity index (χ1v) is 8.20. The molecule has 1 aliphatic rings. The molecular formula is C9H14F3NO5S2. The smallest absolute Gasteiger partial charge is 0.469 e. The number of alkyl halides is 3. The Balaban J connectivity index is 2.77. The first-order chi connectivity index (χ1) is 9.12. The van der Waals surface area contributed by atoms with Gasteiger partial charge in [0.1, 0.15) is 0 Å². The van der Waals surface area contributed by atoms with E-state index in [-0.39, 0.29) is 19.4 Å². The summed E-state index contributed by atoms with van der Waals surface area (Å²) in [6.45, 7) is -0.111. The average molecular weight is 337 g/mol. The highest BCUT2D eigenvalue weighted by Crippen LogP contribution is 2.33. The predicted octanol–water partition coefficient (Wildman–Crippen LogP) is 1.34. The lowest BCUT2D eigenvalue weighted by atomic mass is 9.98. The zero-order chi connectivity index (χ0) is 15.6. The van der Waals surface area contributed by atoms with Gasteiger partial charge in [-0.25, -0.2) is 0 Å². The molecule has 0 radical (unpaired) electrons. The Kier molecular flexibility index (Phi) is 5.70. The lowest BCUT2D eigenvalue weighted by molar-refractivity contribution is -0.154. The van der Waals surface area contributed by atoms with E-state index in [2.05, 4.69) is 9.02 Å². The molecule has 0 saturated carbocycles. The molecule has 1 fully saturated rings. The number of hydroxylamine groups is 2. The number of carbonyl (C=O) groups excluding carboxylic acids is 1. The number of rotatable bonds is 4. The highest BCUT2D eigenvalue weighted by molar-refractivity contribution is 7.99. The number of methoxy groups -OCH3 is 1. The van der Waals surface area contributed by atoms with Crippen LogP contribution in [0.3, 0.4) is 0 Å². The number of hydrogen-bond donors (Lipinski definition) is 0. The quantitative estimate of drug-likeness (QED) is 0.566. The van der Waals surface area contributed by atoms with Gasteiger partial charge in [-0.3, -0.25) is 4.79 Å². The summed E-state index contributed by atoms with van der Waals surface area (Å²) < 4.78 is 67.4. The van der Waals surface area contributed by atoms with Crippen molar-refractivity contribution in [1.29, 1.82) is 0 Å². The Hall–Kier alpha value is -0.520. The molecule has 0 aliphatic carbocycles. The minimum Gasteiger partial charge on any atom is -0.469 e. The van der Waals surface area contributed by atoms with Crippen LogP contribution in [0.15, 0.2) is 0 Å². The maximum atomic E-state index is 12.3. The molecule has 1 rings (SSSR count). The SMILES string of the molecule is COC(=O)C1CCN(OS(=O)(=O)C(F)(F)F)C(SC)C1. The van der Waals surface area contributed by atoms with Crippen molar-refractivity contribution < 1.29 is 35.4 Å². The summed E-state index contributed by atoms with van der Waals surface area (Å²) in [5.41, 5.74) is -5.48. The number of ether oxygens (including phenoxy) is 1. The molecule has 2 unspecified atom stereocenters. The van der Waals surface area contributed by atoms with Gasteiger partial charge in [-0.15, -0.1) is 11.8 Å². The highest BCUT2D eigenvalue weighted by Gasteiger charge is 2.50. The third kappa shape index (κ3) is 3.99. The second kappa shape index (κ2) is 6.50. The zero-order valence-corrected chi connectivity index (χ0v) is 12.3. The van der Waals surface area contributed by atoms with Gasteiger partial charge in [-0.2, -0.15) is 30.9 Å². The van der Waals surface area contributed by atoms with E-state index in [1.807, 2.05) is 0 Å². The van der Waals surface area contributed by atoms with Gasteiger partial charge in [0.25, 0.3) is 0 Å². The molecule has 1 aliphatic heterocycles. The number of thioether (sulfide) groups is 1. The normalized spacial score (nSPS) is 25.4. The van der Waals surface area contributed by atoms with Gasteiger partial charge in [0, 0.05) is 6.54 Å². The Morgan fingerprint density at radius 2 is 2.00 bits per heavy atom. The minimum absolute atomic E-state index is 0.111. The van der Waals surface area contributed by atoms with Gasteiger partial charge < -0.3 is 4.74 Å². The van der Waals surface area contributed by atoms with Crippen LogP contribution >= 0.6 is 11.8 Å². The van der Waals surface area contributed by atoms with E-state index in [4.69, 9.17) is 0 Å². The molecule has 0 aromatic heterocycles. The summed E-state index contributed by atoms with van der Waals surface area (Å²) >= 11 is 1.10. The molecule has 0 amide bonds. The molecule has 0 N–H and O–H groups in total. The lowest BCUT2D eigenvalue weighted by Crippen LogP contribution is -2.45. The van der Waals surface area contributed by atoms with Gasteiger partial charge >= 0.3 is 21.6 Å². The molecule has 0 spiro atoms. The van der Waals surface area contributed by atoms with Crippen molar-refractivity contribution in [3.63, 3.8) is 0 Å². The van der Waals surface area contributed by atoms with Crippen LogP contribution in [-0.4, -0.2) is 50.2 Å². The first kappa shape index (κ1) is 17.5. The second-order valence-electron chi connectivity index (χ2n) is 4.05. The van der Waals surface area contributed by atoms with Crippen molar-refractivity contribution in [2.75, 3.05) is 19.9 Å². The van der Waals surface area contributed by atoms with Crippen molar-refractivity contribution in [1.82, 2.24) is 5.06 Å². The van der Waals surface area contributed by atoms with Gasteiger partial charge in [-0.1, -0.05) is 0 Å². The molecule has 1 heterocycles. The van der Waals surface area contributed by atoms with Gasteiger partial charge in [0.05, 0.1) is 18.4 Å². The Morgan fingerprint density at radius 1 is 1.40 bits per heavy atom. The summed E-state index contributed by atoms with van der Waals surface area (Å²) in [7, 11) is -4.47. The topological polar surface area (TPSA) is 72.9 Å². The van der Waals surface area contributed by atoms with Crippen molar-refractivity contribution >= 4 is 27.8 Å². The summed E-state index contributed by atoms with van der Waals surface area (Å²) in [6.07, 6.45) is 1.90. The molecule has 118 valence electrons. The Labute approximate surface area is 118 Å². The number of hydrogen-bond acceptors (Lipinski definition) is 7. The van der Waals surface area contributed by atoms with Crippen LogP contribution in [-0.2, 0) is 23.9 Å². The van der Waals surface area contributed by atoms with Gasteiger partial charge in [0.15, 0.2) is 0 Å². The fourth-order valence-corrected chi connectivity index (χ4v) is 3.13. The van der Waals surface area contributed by atoms with Crippen LogP contribution in [0, 0.1) is 5.92 Å². The van der Waals surface area contributed by atoms with Crippen molar-refractivity contribution in [2.45, 2.75) is 23.7 Å². The fourth-order valence-electron chi connectivity index (χ4n) is 1.75. The molecule has 20 heavy (non-hydrogen) atoms. The third-order valence-corrected chi connectivity index (χ3v) is 4.72. The molecule has 0 aromatic rings. The summed E-state index contributed by atoms with van der Waals surface area (Å²) in [5.74, 6) is -0.951. The largest absolute Gasteiger partial charge is 0.524 e. The van der Waals surface area contributed by atoms with Crippen LogP contribution in [0.25, 0.3) is 0 Å². The lowest BCUT2D eigenvalue weighted by Gasteiger charge is -2.35. The molecule has 0 bridgehead atoms. The van der Waals surface area contributed by atoms with Crippen LogP contribution < -0.4 is 0 Å². The Bertz CT molecular complexity index is 453. The molecule has 1 saturated heterocycles. The van der Waals surface area contributed by atoms with Crippen molar-refractivity contribution in [2.24, 2.45) is 5.92 Å². The van der Waals surface area contributed by atoms with E-state index < -0.39 is 32.9 Å². The van der Waals surface area contributed by atoms with Crippen molar-refractivity contribution in [3.05, 3.63) is 0 Å². The average Bonchev–Trinajstić information content (AvgIpc) is 2.36. The fraction of sp³-hybridized carbons (Fsp3) is 0.889. The van der Waals surface area contributed by atoms with E-state index in [0.29, 0.717) is 0 Å². The van der Waals surface area contributed by atoms with Crippen molar-refractivity contribution in [3.8, 4) is 0 Å². The van der Waals surface area contributed by atoms with Crippen LogP contribution in [0.4, 0.5) is 13.2 Å². The predicted molar refractivity (Wildman–Crippen MR) is 64.8 cm³/mol. The van der Waals surface area contributed by atoms with Crippen LogP contribution in [0.2, 0.25) is 0 Å². The van der Waals surface area contributed by atoms with E-state index in [9.17, 15) is 26.4 Å². The summed E-state index contributed by atoms with van der Waals surface area (Å²) in [6, 6.07) is 0. The van der Waals surface area contributed by atoms with E-state index >= 15 is 0 Å². The standard InChI is InChI=1S/C9H14F3NO5S2/c1-17-8(14)6-3-4-13(7(5-6)19-2)18-20(15,16)9(10,11)12/h6-7H,3-5H2,1-2H3. The monoisotopic (exact) mass is 337 g/mol. The molecule has 11 heteroatoms. The second-order valence-corrected chi connectivity index (χ2v) is 6.59. The maximum Gasteiger partial charge on any atom is 0.524 e. The van der Waals surface area contributed by atoms with Gasteiger partial charge in [0.2, 0.25) is 0 Å². The van der Waals surface area contributed by atoms with E-state index in [1.54, 1.807) is 6.26 Å². The molecule has 0 aromatic carbocycles. The number of esters is 1. The first-order valence-electron chi connectivity index (χ1n) is 5.50. The minimum atomic E-state index is -5.69. The molecule has 6 nitrogen and oxygen atoms in total.